The summed E-state index contributed by atoms with van der Waals surface area (Å²) in [6.07, 6.45) is 5.23. The van der Waals surface area contributed by atoms with Crippen LogP contribution in [0.25, 0.3) is 0 Å². The van der Waals surface area contributed by atoms with Crippen LogP contribution in [0, 0.1) is 11.8 Å². The summed E-state index contributed by atoms with van der Waals surface area (Å²) in [4.78, 5) is 34.3. The molecule has 1 saturated carbocycles. The van der Waals surface area contributed by atoms with E-state index in [1.807, 2.05) is 0 Å². The third-order valence-corrected chi connectivity index (χ3v) is 4.88. The molecule has 1 atom stereocenters. The first-order valence-corrected chi connectivity index (χ1v) is 9.07. The minimum atomic E-state index is -0.250. The van der Waals surface area contributed by atoms with Crippen LogP contribution in [0.3, 0.4) is 0 Å². The maximum absolute atomic E-state index is 12.0. The smallest absolute Gasteiger partial charge is 0.290 e. The summed E-state index contributed by atoms with van der Waals surface area (Å²) in [5, 5.41) is 13.0. The van der Waals surface area contributed by atoms with Gasteiger partial charge in [0.05, 0.1) is 19.1 Å². The number of rotatable bonds is 6. The van der Waals surface area contributed by atoms with Gasteiger partial charge in [-0.3, -0.25) is 19.3 Å². The molecule has 2 heterocycles. The number of hydrogen-bond donors (Lipinski definition) is 3. The standard InChI is InChI=1S/C16H27N3O3.CH2O2/c20-15(18-14-1-2-14)10-19-6-3-12(4-7-19)9-17-16(21)13-5-8-22-11-13;2-1-3/h12-14H,1-11H2,(H,17,21)(H,18,20);1H,(H,2,3). The van der Waals surface area contributed by atoms with Gasteiger partial charge in [-0.05, 0) is 51.1 Å². The molecule has 0 aromatic rings. The molecular weight excluding hydrogens is 326 g/mol. The van der Waals surface area contributed by atoms with Crippen molar-refractivity contribution in [3.8, 4) is 0 Å². The molecular formula is C17H29N3O5. The monoisotopic (exact) mass is 355 g/mol. The Hall–Kier alpha value is -1.67. The summed E-state index contributed by atoms with van der Waals surface area (Å²) in [6, 6.07) is 0.444. The lowest BCUT2D eigenvalue weighted by Crippen LogP contribution is -2.44. The number of nitrogens with one attached hydrogen (secondary N) is 2. The maximum Gasteiger partial charge on any atom is 0.290 e. The highest BCUT2D eigenvalue weighted by Gasteiger charge is 2.27. The summed E-state index contributed by atoms with van der Waals surface area (Å²) < 4.78 is 5.25. The number of hydrogen-bond acceptors (Lipinski definition) is 5. The molecule has 142 valence electrons. The molecule has 8 nitrogen and oxygen atoms in total. The van der Waals surface area contributed by atoms with Gasteiger partial charge in [0, 0.05) is 19.2 Å². The Balaban J connectivity index is 0.000000701. The van der Waals surface area contributed by atoms with E-state index in [2.05, 4.69) is 15.5 Å². The Kier molecular flexibility index (Phi) is 8.14. The Labute approximate surface area is 148 Å². The Morgan fingerprint density at radius 3 is 2.40 bits per heavy atom. The summed E-state index contributed by atoms with van der Waals surface area (Å²) in [5.74, 6) is 0.888. The lowest BCUT2D eigenvalue weighted by atomic mass is 9.96. The summed E-state index contributed by atoms with van der Waals surface area (Å²) in [7, 11) is 0. The molecule has 2 aliphatic heterocycles. The average molecular weight is 355 g/mol. The molecule has 3 fully saturated rings. The van der Waals surface area contributed by atoms with Crippen molar-refractivity contribution in [2.45, 2.75) is 38.1 Å². The average Bonchev–Trinajstić information content (AvgIpc) is 3.23. The fourth-order valence-corrected chi connectivity index (χ4v) is 3.18. The molecule has 3 aliphatic rings. The van der Waals surface area contributed by atoms with Gasteiger partial charge in [0.2, 0.25) is 11.8 Å². The highest BCUT2D eigenvalue weighted by molar-refractivity contribution is 5.79. The van der Waals surface area contributed by atoms with E-state index in [0.29, 0.717) is 31.7 Å². The van der Waals surface area contributed by atoms with Crippen LogP contribution in [-0.4, -0.2) is 73.7 Å². The van der Waals surface area contributed by atoms with E-state index in [4.69, 9.17) is 14.6 Å². The normalized spacial score (nSPS) is 24.1. The molecule has 0 spiro atoms. The second kappa shape index (κ2) is 10.4. The van der Waals surface area contributed by atoms with Crippen LogP contribution in [0.4, 0.5) is 0 Å². The maximum atomic E-state index is 12.0. The topological polar surface area (TPSA) is 108 Å². The van der Waals surface area contributed by atoms with Crippen LogP contribution in [-0.2, 0) is 19.1 Å². The van der Waals surface area contributed by atoms with Crippen molar-refractivity contribution in [2.24, 2.45) is 11.8 Å². The van der Waals surface area contributed by atoms with Crippen molar-refractivity contribution in [1.82, 2.24) is 15.5 Å². The predicted molar refractivity (Wildman–Crippen MR) is 91.0 cm³/mol. The van der Waals surface area contributed by atoms with Gasteiger partial charge in [-0.25, -0.2) is 0 Å². The minimum Gasteiger partial charge on any atom is -0.483 e. The molecule has 2 saturated heterocycles. The Morgan fingerprint density at radius 1 is 1.16 bits per heavy atom. The largest absolute Gasteiger partial charge is 0.483 e. The molecule has 0 radical (unpaired) electrons. The van der Waals surface area contributed by atoms with Gasteiger partial charge in [0.25, 0.3) is 6.47 Å². The van der Waals surface area contributed by atoms with Gasteiger partial charge in [-0.15, -0.1) is 0 Å². The third kappa shape index (κ3) is 7.39. The second-order valence-corrected chi connectivity index (χ2v) is 6.97. The zero-order valence-corrected chi connectivity index (χ0v) is 14.6. The quantitative estimate of drug-likeness (QED) is 0.571. The van der Waals surface area contributed by atoms with Crippen molar-refractivity contribution in [2.75, 3.05) is 39.4 Å². The molecule has 1 unspecified atom stereocenters. The molecule has 0 aromatic heterocycles. The molecule has 3 N–H and O–H groups in total. The Morgan fingerprint density at radius 2 is 1.84 bits per heavy atom. The third-order valence-electron chi connectivity index (χ3n) is 4.88. The summed E-state index contributed by atoms with van der Waals surface area (Å²) in [6.45, 7) is 4.21. The lowest BCUT2D eigenvalue weighted by molar-refractivity contribution is -0.125. The van der Waals surface area contributed by atoms with E-state index in [9.17, 15) is 9.59 Å². The highest BCUT2D eigenvalue weighted by atomic mass is 16.5. The van der Waals surface area contributed by atoms with E-state index in [1.54, 1.807) is 0 Å². The fourth-order valence-electron chi connectivity index (χ4n) is 3.18. The van der Waals surface area contributed by atoms with Crippen molar-refractivity contribution in [3.63, 3.8) is 0 Å². The fraction of sp³-hybridized carbons (Fsp3) is 0.824. The first kappa shape index (κ1) is 19.7. The molecule has 2 amide bonds. The predicted octanol–water partition coefficient (Wildman–Crippen LogP) is -0.169. The highest BCUT2D eigenvalue weighted by Crippen LogP contribution is 2.19. The Bertz CT molecular complexity index is 442. The molecule has 25 heavy (non-hydrogen) atoms. The van der Waals surface area contributed by atoms with Crippen LogP contribution < -0.4 is 10.6 Å². The van der Waals surface area contributed by atoms with Gasteiger partial charge in [-0.2, -0.15) is 0 Å². The second-order valence-electron chi connectivity index (χ2n) is 6.97. The van der Waals surface area contributed by atoms with Crippen LogP contribution in [0.5, 0.6) is 0 Å². The SMILES string of the molecule is O=C(CN1CCC(CNC(=O)C2CCOC2)CC1)NC1CC1.O=CO. The van der Waals surface area contributed by atoms with Crippen molar-refractivity contribution in [1.29, 1.82) is 0 Å². The number of amides is 2. The van der Waals surface area contributed by atoms with Crippen LogP contribution in [0.2, 0.25) is 0 Å². The van der Waals surface area contributed by atoms with E-state index in [0.717, 1.165) is 51.7 Å². The molecule has 3 rings (SSSR count). The molecule has 8 heteroatoms. The van der Waals surface area contributed by atoms with Gasteiger partial charge >= 0.3 is 0 Å². The van der Waals surface area contributed by atoms with E-state index < -0.39 is 0 Å². The van der Waals surface area contributed by atoms with Gasteiger partial charge < -0.3 is 20.5 Å². The summed E-state index contributed by atoms with van der Waals surface area (Å²) in [5.41, 5.74) is 0. The zero-order chi connectivity index (χ0) is 18.1. The first-order valence-electron chi connectivity index (χ1n) is 9.07. The van der Waals surface area contributed by atoms with E-state index in [-0.39, 0.29) is 24.2 Å². The zero-order valence-electron chi connectivity index (χ0n) is 14.6. The van der Waals surface area contributed by atoms with Gasteiger partial charge in [0.15, 0.2) is 0 Å². The number of carbonyl (C=O) groups is 3. The number of likely N-dealkylation sites (tertiary alicyclic amines) is 1. The molecule has 0 bridgehead atoms. The van der Waals surface area contributed by atoms with Crippen molar-refractivity contribution >= 4 is 18.3 Å². The lowest BCUT2D eigenvalue weighted by Gasteiger charge is -2.31. The van der Waals surface area contributed by atoms with Gasteiger partial charge in [0.1, 0.15) is 0 Å². The number of carboxylic acid groups (broad SMARTS) is 1. The van der Waals surface area contributed by atoms with E-state index in [1.165, 1.54) is 0 Å². The van der Waals surface area contributed by atoms with Crippen LogP contribution >= 0.6 is 0 Å². The number of carbonyl (C=O) groups excluding carboxylic acids is 2. The van der Waals surface area contributed by atoms with Gasteiger partial charge in [-0.1, -0.05) is 0 Å². The number of nitrogens with zero attached hydrogens (tertiary/aromatic N) is 1. The first-order chi connectivity index (χ1) is 12.1. The molecule has 1 aliphatic carbocycles. The summed E-state index contributed by atoms with van der Waals surface area (Å²) >= 11 is 0. The van der Waals surface area contributed by atoms with Crippen molar-refractivity contribution in [3.05, 3.63) is 0 Å². The van der Waals surface area contributed by atoms with Crippen molar-refractivity contribution < 1.29 is 24.2 Å². The number of piperidine rings is 1. The van der Waals surface area contributed by atoms with Crippen LogP contribution in [0.1, 0.15) is 32.1 Å². The molecule has 0 aromatic carbocycles. The van der Waals surface area contributed by atoms with Crippen LogP contribution in [0.15, 0.2) is 0 Å². The number of ether oxygens (including phenoxy) is 1. The van der Waals surface area contributed by atoms with E-state index >= 15 is 0 Å². The minimum absolute atomic E-state index is 0.0474.